The van der Waals surface area contributed by atoms with E-state index in [-0.39, 0.29) is 18.3 Å². The van der Waals surface area contributed by atoms with E-state index in [1.807, 2.05) is 0 Å². The highest BCUT2D eigenvalue weighted by atomic mass is 19.4. The van der Waals surface area contributed by atoms with Gasteiger partial charge in [0.2, 0.25) is 0 Å². The Bertz CT molecular complexity index is 922. The average molecular weight is 406 g/mol. The fraction of sp³-hybridized carbons (Fsp3) is 0.429. The van der Waals surface area contributed by atoms with E-state index in [9.17, 15) is 18.0 Å². The summed E-state index contributed by atoms with van der Waals surface area (Å²) in [5, 5.41) is 3.18. The van der Waals surface area contributed by atoms with Gasteiger partial charge in [-0.1, -0.05) is 6.07 Å². The number of nitrogens with zero attached hydrogens (tertiary/aromatic N) is 1. The molecule has 0 amide bonds. The highest BCUT2D eigenvalue weighted by Crippen LogP contribution is 2.52. The summed E-state index contributed by atoms with van der Waals surface area (Å²) in [6.45, 7) is 2.03. The summed E-state index contributed by atoms with van der Waals surface area (Å²) in [5.41, 5.74) is 3.50. The summed E-state index contributed by atoms with van der Waals surface area (Å²) in [7, 11) is 0. The highest BCUT2D eigenvalue weighted by Gasteiger charge is 2.38. The Kier molecular flexibility index (Phi) is 5.10. The Balaban J connectivity index is 1.70. The van der Waals surface area contributed by atoms with Gasteiger partial charge in [0.05, 0.1) is 18.5 Å². The van der Waals surface area contributed by atoms with Gasteiger partial charge in [0, 0.05) is 11.8 Å². The van der Waals surface area contributed by atoms with Crippen molar-refractivity contribution in [3.05, 3.63) is 47.3 Å². The van der Waals surface area contributed by atoms with Gasteiger partial charge in [-0.2, -0.15) is 0 Å². The second-order valence-corrected chi connectivity index (χ2v) is 7.32. The molecule has 0 aliphatic heterocycles. The van der Waals surface area contributed by atoms with E-state index in [0.717, 1.165) is 36.8 Å². The van der Waals surface area contributed by atoms with Gasteiger partial charge in [-0.05, 0) is 67.7 Å². The standard InChI is InChI=1S/C21H21F3N2O3/c1-2-28-20(27)19-18-13-8-6-12(7-9-13)17(18)16(11-25-19)26-14-4-3-5-15(10-14)29-21(22,23)24/h3-5,10-13,26H,2,6-9H2,1H3. The third-order valence-electron chi connectivity index (χ3n) is 5.52. The Morgan fingerprint density at radius 3 is 2.52 bits per heavy atom. The summed E-state index contributed by atoms with van der Waals surface area (Å²) in [6.07, 6.45) is 0.878. The van der Waals surface area contributed by atoms with Gasteiger partial charge in [-0.15, -0.1) is 13.2 Å². The van der Waals surface area contributed by atoms with Gasteiger partial charge >= 0.3 is 12.3 Å². The molecule has 0 saturated heterocycles. The predicted molar refractivity (Wildman–Crippen MR) is 101 cm³/mol. The number of carbonyl (C=O) groups is 1. The van der Waals surface area contributed by atoms with Gasteiger partial charge in [-0.25, -0.2) is 9.78 Å². The van der Waals surface area contributed by atoms with Crippen LogP contribution in [0.4, 0.5) is 24.5 Å². The SMILES string of the molecule is CCOC(=O)c1ncc(Nc2cccc(OC(F)(F)F)c2)c2c1C1CCC2CC1. The molecule has 8 heteroatoms. The molecule has 1 saturated carbocycles. The smallest absolute Gasteiger partial charge is 0.461 e. The van der Waals surface area contributed by atoms with Crippen LogP contribution in [-0.4, -0.2) is 23.9 Å². The van der Waals surface area contributed by atoms with Crippen LogP contribution in [0.25, 0.3) is 0 Å². The van der Waals surface area contributed by atoms with E-state index in [1.165, 1.54) is 18.2 Å². The van der Waals surface area contributed by atoms with E-state index in [2.05, 4.69) is 15.0 Å². The Hall–Kier alpha value is -2.77. The first-order valence-corrected chi connectivity index (χ1v) is 9.68. The number of ether oxygens (including phenoxy) is 2. The number of carbonyl (C=O) groups excluding carboxylic acids is 1. The van der Waals surface area contributed by atoms with Crippen LogP contribution in [0.5, 0.6) is 5.75 Å². The molecule has 5 rings (SSSR count). The van der Waals surface area contributed by atoms with Crippen LogP contribution in [0.3, 0.4) is 0 Å². The minimum atomic E-state index is -4.75. The summed E-state index contributed by atoms with van der Waals surface area (Å²) in [6, 6.07) is 5.69. The van der Waals surface area contributed by atoms with E-state index in [4.69, 9.17) is 4.74 Å². The van der Waals surface area contributed by atoms with Gasteiger partial charge in [0.15, 0.2) is 5.69 Å². The number of aromatic nitrogens is 1. The lowest BCUT2D eigenvalue weighted by Gasteiger charge is -2.40. The third kappa shape index (κ3) is 4.02. The number of benzene rings is 1. The minimum absolute atomic E-state index is 0.253. The van der Waals surface area contributed by atoms with Crippen molar-refractivity contribution in [2.75, 3.05) is 11.9 Å². The predicted octanol–water partition coefficient (Wildman–Crippen LogP) is 5.66. The molecule has 1 aromatic heterocycles. The molecule has 3 aliphatic rings. The second kappa shape index (κ2) is 7.57. The highest BCUT2D eigenvalue weighted by molar-refractivity contribution is 5.91. The molecule has 1 fully saturated rings. The monoisotopic (exact) mass is 406 g/mol. The number of hydrogen-bond donors (Lipinski definition) is 1. The molecule has 1 aromatic carbocycles. The molecule has 29 heavy (non-hydrogen) atoms. The van der Waals surface area contributed by atoms with Crippen molar-refractivity contribution in [2.24, 2.45) is 0 Å². The van der Waals surface area contributed by atoms with E-state index < -0.39 is 12.3 Å². The van der Waals surface area contributed by atoms with Gasteiger partial charge in [0.1, 0.15) is 5.75 Å². The van der Waals surface area contributed by atoms with Crippen LogP contribution in [0.1, 0.15) is 66.1 Å². The second-order valence-electron chi connectivity index (χ2n) is 7.32. The van der Waals surface area contributed by atoms with Crippen LogP contribution in [0.15, 0.2) is 30.5 Å². The summed E-state index contributed by atoms with van der Waals surface area (Å²) in [4.78, 5) is 16.8. The zero-order valence-corrected chi connectivity index (χ0v) is 15.9. The molecule has 5 nitrogen and oxygen atoms in total. The number of pyridine rings is 1. The first-order valence-electron chi connectivity index (χ1n) is 9.68. The van der Waals surface area contributed by atoms with E-state index in [1.54, 1.807) is 19.2 Å². The molecule has 1 N–H and O–H groups in total. The molecule has 154 valence electrons. The van der Waals surface area contributed by atoms with Crippen LogP contribution in [0.2, 0.25) is 0 Å². The molecule has 2 aromatic rings. The fourth-order valence-electron chi connectivity index (χ4n) is 4.45. The zero-order chi connectivity index (χ0) is 20.6. The van der Waals surface area contributed by atoms with Crippen molar-refractivity contribution >= 4 is 17.3 Å². The molecular formula is C21H21F3N2O3. The van der Waals surface area contributed by atoms with Crippen molar-refractivity contribution < 1.29 is 27.4 Å². The maximum Gasteiger partial charge on any atom is 0.573 e. The topological polar surface area (TPSA) is 60.5 Å². The zero-order valence-electron chi connectivity index (χ0n) is 15.9. The lowest BCUT2D eigenvalue weighted by atomic mass is 9.66. The molecule has 0 spiro atoms. The largest absolute Gasteiger partial charge is 0.573 e. The number of nitrogens with one attached hydrogen (secondary N) is 1. The van der Waals surface area contributed by atoms with E-state index >= 15 is 0 Å². The Morgan fingerprint density at radius 1 is 1.17 bits per heavy atom. The van der Waals surface area contributed by atoms with Gasteiger partial charge in [0.25, 0.3) is 0 Å². The van der Waals surface area contributed by atoms with Crippen molar-refractivity contribution in [3.8, 4) is 5.75 Å². The van der Waals surface area contributed by atoms with Gasteiger partial charge in [-0.3, -0.25) is 0 Å². The molecule has 0 atom stereocenters. The molecule has 0 unspecified atom stereocenters. The Labute approximate surface area is 166 Å². The van der Waals surface area contributed by atoms with Crippen molar-refractivity contribution in [1.82, 2.24) is 4.98 Å². The first kappa shape index (κ1) is 19.5. The maximum atomic E-state index is 12.5. The normalized spacial score (nSPS) is 20.1. The van der Waals surface area contributed by atoms with Crippen molar-refractivity contribution in [3.63, 3.8) is 0 Å². The van der Waals surface area contributed by atoms with Crippen LogP contribution >= 0.6 is 0 Å². The van der Waals surface area contributed by atoms with Crippen molar-refractivity contribution in [1.29, 1.82) is 0 Å². The van der Waals surface area contributed by atoms with Crippen LogP contribution in [-0.2, 0) is 4.74 Å². The fourth-order valence-corrected chi connectivity index (χ4v) is 4.45. The first-order chi connectivity index (χ1) is 13.9. The third-order valence-corrected chi connectivity index (χ3v) is 5.52. The number of hydrogen-bond acceptors (Lipinski definition) is 5. The summed E-state index contributed by atoms with van der Waals surface area (Å²) >= 11 is 0. The molecule has 1 heterocycles. The number of halogens is 3. The molecular weight excluding hydrogens is 385 g/mol. The Morgan fingerprint density at radius 2 is 1.86 bits per heavy atom. The molecule has 2 bridgehead atoms. The number of anilines is 2. The van der Waals surface area contributed by atoms with Crippen molar-refractivity contribution in [2.45, 2.75) is 50.8 Å². The summed E-state index contributed by atoms with van der Waals surface area (Å²) in [5.74, 6) is -0.177. The van der Waals surface area contributed by atoms with E-state index in [0.29, 0.717) is 23.0 Å². The lowest BCUT2D eigenvalue weighted by Crippen LogP contribution is -2.27. The average Bonchev–Trinajstić information content (AvgIpc) is 2.68. The number of alkyl halides is 3. The number of fused-ring (bicyclic) bond motifs is 2. The summed E-state index contributed by atoms with van der Waals surface area (Å²) < 4.78 is 46.7. The maximum absolute atomic E-state index is 12.5. The van der Waals surface area contributed by atoms with Gasteiger partial charge < -0.3 is 14.8 Å². The van der Waals surface area contributed by atoms with Crippen LogP contribution in [0, 0.1) is 0 Å². The molecule has 0 radical (unpaired) electrons. The van der Waals surface area contributed by atoms with Crippen LogP contribution < -0.4 is 10.1 Å². The number of esters is 1. The lowest BCUT2D eigenvalue weighted by molar-refractivity contribution is -0.274. The molecule has 3 aliphatic carbocycles. The quantitative estimate of drug-likeness (QED) is 0.650. The minimum Gasteiger partial charge on any atom is -0.461 e. The number of rotatable bonds is 5.